The van der Waals surface area contributed by atoms with Gasteiger partial charge in [0, 0.05) is 10.9 Å². The summed E-state index contributed by atoms with van der Waals surface area (Å²) in [5.41, 5.74) is 5.12. The summed E-state index contributed by atoms with van der Waals surface area (Å²) in [5, 5.41) is 0.812. The van der Waals surface area contributed by atoms with Crippen LogP contribution in [0.5, 0.6) is 5.75 Å². The molecule has 0 bridgehead atoms. The van der Waals surface area contributed by atoms with E-state index >= 15 is 0 Å². The standard InChI is InChI=1S/C19H23BrO/c1-14-6-5-7-16(12-20)18(14)21-13-15-8-10-17(11-9-15)19(2,3)4/h5-11H,12-13H2,1-4H3. The number of rotatable bonds is 4. The van der Waals surface area contributed by atoms with Gasteiger partial charge in [-0.25, -0.2) is 0 Å². The quantitative estimate of drug-likeness (QED) is 0.638. The minimum atomic E-state index is 0.193. The summed E-state index contributed by atoms with van der Waals surface area (Å²) in [6, 6.07) is 15.0. The molecule has 0 atom stereocenters. The van der Waals surface area contributed by atoms with Gasteiger partial charge < -0.3 is 4.74 Å². The molecule has 0 heterocycles. The molecule has 0 amide bonds. The summed E-state index contributed by atoms with van der Waals surface area (Å²) < 4.78 is 6.04. The maximum atomic E-state index is 6.04. The second kappa shape index (κ2) is 6.65. The lowest BCUT2D eigenvalue weighted by Crippen LogP contribution is -2.11. The van der Waals surface area contributed by atoms with Gasteiger partial charge in [-0.1, -0.05) is 79.2 Å². The smallest absolute Gasteiger partial charge is 0.126 e. The number of ether oxygens (including phenoxy) is 1. The highest BCUT2D eigenvalue weighted by Gasteiger charge is 2.13. The van der Waals surface area contributed by atoms with E-state index in [0.717, 1.165) is 11.1 Å². The predicted molar refractivity (Wildman–Crippen MR) is 93.3 cm³/mol. The van der Waals surface area contributed by atoms with Crippen LogP contribution in [-0.2, 0) is 17.4 Å². The number of para-hydroxylation sites is 1. The second-order valence-corrected chi connectivity index (χ2v) is 6.99. The highest BCUT2D eigenvalue weighted by molar-refractivity contribution is 9.08. The van der Waals surface area contributed by atoms with E-state index in [-0.39, 0.29) is 5.41 Å². The van der Waals surface area contributed by atoms with Crippen molar-refractivity contribution >= 4 is 15.9 Å². The molecule has 2 heteroatoms. The molecule has 0 spiro atoms. The summed E-state index contributed by atoms with van der Waals surface area (Å²) in [7, 11) is 0. The van der Waals surface area contributed by atoms with Crippen LogP contribution in [0.3, 0.4) is 0 Å². The van der Waals surface area contributed by atoms with Crippen molar-refractivity contribution in [2.75, 3.05) is 0 Å². The van der Waals surface area contributed by atoms with Crippen molar-refractivity contribution in [2.24, 2.45) is 0 Å². The molecule has 0 aromatic heterocycles. The zero-order valence-electron chi connectivity index (χ0n) is 13.2. The van der Waals surface area contributed by atoms with Crippen molar-refractivity contribution in [3.05, 3.63) is 64.7 Å². The van der Waals surface area contributed by atoms with Crippen molar-refractivity contribution in [3.8, 4) is 5.75 Å². The van der Waals surface area contributed by atoms with Gasteiger partial charge in [0.05, 0.1) is 0 Å². The lowest BCUT2D eigenvalue weighted by molar-refractivity contribution is 0.301. The van der Waals surface area contributed by atoms with Crippen LogP contribution in [0.4, 0.5) is 0 Å². The molecular weight excluding hydrogens is 324 g/mol. The van der Waals surface area contributed by atoms with E-state index in [1.165, 1.54) is 22.3 Å². The van der Waals surface area contributed by atoms with Gasteiger partial charge in [0.15, 0.2) is 0 Å². The van der Waals surface area contributed by atoms with Crippen LogP contribution >= 0.6 is 15.9 Å². The Morgan fingerprint density at radius 2 is 1.67 bits per heavy atom. The number of hydrogen-bond donors (Lipinski definition) is 0. The molecule has 2 rings (SSSR count). The Morgan fingerprint density at radius 3 is 2.24 bits per heavy atom. The Hall–Kier alpha value is -1.28. The van der Waals surface area contributed by atoms with Gasteiger partial charge >= 0.3 is 0 Å². The zero-order chi connectivity index (χ0) is 15.5. The Balaban J connectivity index is 2.10. The average Bonchev–Trinajstić information content (AvgIpc) is 2.45. The largest absolute Gasteiger partial charge is 0.488 e. The van der Waals surface area contributed by atoms with Crippen molar-refractivity contribution < 1.29 is 4.74 Å². The van der Waals surface area contributed by atoms with E-state index in [2.05, 4.69) is 86.1 Å². The molecule has 0 aliphatic heterocycles. The molecule has 21 heavy (non-hydrogen) atoms. The summed E-state index contributed by atoms with van der Waals surface area (Å²) in [4.78, 5) is 0. The number of aryl methyl sites for hydroxylation is 1. The maximum Gasteiger partial charge on any atom is 0.126 e. The Labute approximate surface area is 136 Å². The second-order valence-electron chi connectivity index (χ2n) is 6.43. The first kappa shape index (κ1) is 16.1. The van der Waals surface area contributed by atoms with Gasteiger partial charge in [0.1, 0.15) is 12.4 Å². The topological polar surface area (TPSA) is 9.23 Å². The van der Waals surface area contributed by atoms with Crippen LogP contribution < -0.4 is 4.74 Å². The third-order valence-electron chi connectivity index (χ3n) is 3.64. The molecule has 2 aromatic carbocycles. The van der Waals surface area contributed by atoms with E-state index in [4.69, 9.17) is 4.74 Å². The highest BCUT2D eigenvalue weighted by Crippen LogP contribution is 2.27. The number of alkyl halides is 1. The minimum absolute atomic E-state index is 0.193. The molecule has 0 fully saturated rings. The summed E-state index contributed by atoms with van der Waals surface area (Å²) in [6.07, 6.45) is 0. The fourth-order valence-corrected chi connectivity index (χ4v) is 2.72. The molecule has 0 aliphatic carbocycles. The maximum absolute atomic E-state index is 6.04. The highest BCUT2D eigenvalue weighted by atomic mass is 79.9. The van der Waals surface area contributed by atoms with Crippen molar-refractivity contribution in [3.63, 3.8) is 0 Å². The van der Waals surface area contributed by atoms with Gasteiger partial charge in [-0.2, -0.15) is 0 Å². The molecule has 1 nitrogen and oxygen atoms in total. The van der Waals surface area contributed by atoms with E-state index in [1.807, 2.05) is 0 Å². The molecule has 0 aliphatic rings. The lowest BCUT2D eigenvalue weighted by atomic mass is 9.87. The molecule has 112 valence electrons. The Bertz CT molecular complexity index is 594. The Morgan fingerprint density at radius 1 is 1.00 bits per heavy atom. The molecule has 2 aromatic rings. The third-order valence-corrected chi connectivity index (χ3v) is 4.24. The molecule has 0 saturated heterocycles. The van der Waals surface area contributed by atoms with Gasteiger partial charge in [0.2, 0.25) is 0 Å². The van der Waals surface area contributed by atoms with E-state index in [1.54, 1.807) is 0 Å². The predicted octanol–water partition coefficient (Wildman–Crippen LogP) is 5.77. The van der Waals surface area contributed by atoms with E-state index in [0.29, 0.717) is 6.61 Å². The molecular formula is C19H23BrO. The average molecular weight is 347 g/mol. The molecule has 0 radical (unpaired) electrons. The van der Waals surface area contributed by atoms with Crippen LogP contribution in [0.25, 0.3) is 0 Å². The van der Waals surface area contributed by atoms with E-state index < -0.39 is 0 Å². The van der Waals surface area contributed by atoms with Gasteiger partial charge in [-0.05, 0) is 29.0 Å². The van der Waals surface area contributed by atoms with Crippen LogP contribution in [0.1, 0.15) is 43.0 Å². The first-order valence-electron chi connectivity index (χ1n) is 7.28. The normalized spacial score (nSPS) is 11.5. The fraction of sp³-hybridized carbons (Fsp3) is 0.368. The van der Waals surface area contributed by atoms with Crippen LogP contribution in [-0.4, -0.2) is 0 Å². The molecule has 0 saturated carbocycles. The van der Waals surface area contributed by atoms with Crippen LogP contribution in [0.15, 0.2) is 42.5 Å². The Kier molecular flexibility index (Phi) is 5.10. The first-order chi connectivity index (χ1) is 9.91. The van der Waals surface area contributed by atoms with Crippen molar-refractivity contribution in [1.82, 2.24) is 0 Å². The third kappa shape index (κ3) is 4.10. The van der Waals surface area contributed by atoms with Gasteiger partial charge in [-0.3, -0.25) is 0 Å². The first-order valence-corrected chi connectivity index (χ1v) is 8.40. The zero-order valence-corrected chi connectivity index (χ0v) is 14.8. The summed E-state index contributed by atoms with van der Waals surface area (Å²) in [5.74, 6) is 0.995. The van der Waals surface area contributed by atoms with Gasteiger partial charge in [0.25, 0.3) is 0 Å². The SMILES string of the molecule is Cc1cccc(CBr)c1OCc1ccc(C(C)(C)C)cc1. The van der Waals surface area contributed by atoms with Gasteiger partial charge in [-0.15, -0.1) is 0 Å². The van der Waals surface area contributed by atoms with Crippen LogP contribution in [0, 0.1) is 6.92 Å². The van der Waals surface area contributed by atoms with Crippen molar-refractivity contribution in [2.45, 2.75) is 45.0 Å². The lowest BCUT2D eigenvalue weighted by Gasteiger charge is -2.19. The van der Waals surface area contributed by atoms with Crippen LogP contribution in [0.2, 0.25) is 0 Å². The monoisotopic (exact) mass is 346 g/mol. The number of benzene rings is 2. The molecule has 0 N–H and O–H groups in total. The molecule has 0 unspecified atom stereocenters. The number of hydrogen-bond acceptors (Lipinski definition) is 1. The van der Waals surface area contributed by atoms with Crippen molar-refractivity contribution in [1.29, 1.82) is 0 Å². The minimum Gasteiger partial charge on any atom is -0.488 e. The van der Waals surface area contributed by atoms with E-state index in [9.17, 15) is 0 Å². The summed E-state index contributed by atoms with van der Waals surface area (Å²) >= 11 is 3.52. The fourth-order valence-electron chi connectivity index (χ4n) is 2.28. The summed E-state index contributed by atoms with van der Waals surface area (Å²) in [6.45, 7) is 9.38. The number of halogens is 1.